The molecule has 0 saturated heterocycles. The number of carbonyl (C=O) groups is 1. The first-order valence-corrected chi connectivity index (χ1v) is 12.4. The number of amides is 1. The summed E-state index contributed by atoms with van der Waals surface area (Å²) >= 11 is 0. The lowest BCUT2D eigenvalue weighted by Gasteiger charge is -2.47. The third-order valence-electron chi connectivity index (χ3n) is 6.99. The first-order chi connectivity index (χ1) is 16.9. The number of nitrogens with zero attached hydrogens (tertiary/aromatic N) is 1. The van der Waals surface area contributed by atoms with E-state index in [-0.39, 0.29) is 42.5 Å². The molecule has 4 rings (SSSR count). The summed E-state index contributed by atoms with van der Waals surface area (Å²) in [5, 5.41) is 17.0. The summed E-state index contributed by atoms with van der Waals surface area (Å²) in [5.74, 6) is -1.85. The number of alkyl halides is 1. The van der Waals surface area contributed by atoms with Gasteiger partial charge in [-0.2, -0.15) is 0 Å². The Labute approximate surface area is 209 Å². The highest BCUT2D eigenvalue weighted by molar-refractivity contribution is 5.73. The molecule has 2 aromatic rings. The number of aromatic nitrogens is 1. The molecular formula is C27H34F3N3O3. The second kappa shape index (κ2) is 10.4. The summed E-state index contributed by atoms with van der Waals surface area (Å²) in [6.45, 7) is 4.43. The number of aliphatic hydroxyl groups excluding tert-OH is 1. The summed E-state index contributed by atoms with van der Waals surface area (Å²) in [6, 6.07) is 4.70. The second-order valence-electron chi connectivity index (χ2n) is 10.7. The van der Waals surface area contributed by atoms with Crippen molar-refractivity contribution in [3.63, 3.8) is 0 Å². The SMILES string of the molecule is CC(=O)N[C@@H](Cc1cccc(F)c1F)[C@H](O)CN[C@H]1CC2(CCC2)Oc2ncc(CC(C)(C)F)cc21. The summed E-state index contributed by atoms with van der Waals surface area (Å²) in [6.07, 6.45) is 4.23. The minimum absolute atomic E-state index is 0.0697. The Morgan fingerprint density at radius 1 is 1.33 bits per heavy atom. The molecule has 2 heterocycles. The Morgan fingerprint density at radius 2 is 2.08 bits per heavy atom. The van der Waals surface area contributed by atoms with Gasteiger partial charge >= 0.3 is 0 Å². The van der Waals surface area contributed by atoms with Gasteiger partial charge in [0.05, 0.1) is 12.1 Å². The third-order valence-corrected chi connectivity index (χ3v) is 6.99. The van der Waals surface area contributed by atoms with Gasteiger partial charge in [0, 0.05) is 44.1 Å². The molecule has 0 radical (unpaired) electrons. The highest BCUT2D eigenvalue weighted by Gasteiger charge is 2.46. The van der Waals surface area contributed by atoms with Crippen molar-refractivity contribution >= 4 is 5.91 Å². The predicted molar refractivity (Wildman–Crippen MR) is 129 cm³/mol. The molecule has 1 amide bonds. The Kier molecular flexibility index (Phi) is 7.61. The molecule has 1 aliphatic heterocycles. The van der Waals surface area contributed by atoms with E-state index < -0.39 is 29.4 Å². The summed E-state index contributed by atoms with van der Waals surface area (Å²) in [5.41, 5.74) is -0.0866. The van der Waals surface area contributed by atoms with E-state index in [1.807, 2.05) is 6.07 Å². The lowest BCUT2D eigenvalue weighted by Crippen LogP contribution is -2.52. The van der Waals surface area contributed by atoms with Gasteiger partial charge in [-0.25, -0.2) is 18.2 Å². The van der Waals surface area contributed by atoms with E-state index in [0.717, 1.165) is 36.5 Å². The van der Waals surface area contributed by atoms with E-state index in [0.29, 0.717) is 12.3 Å². The normalized spacial score (nSPS) is 20.1. The summed E-state index contributed by atoms with van der Waals surface area (Å²) < 4.78 is 48.5. The number of hydrogen-bond donors (Lipinski definition) is 3. The first kappa shape index (κ1) is 26.4. The largest absolute Gasteiger partial charge is 0.471 e. The molecule has 1 spiro atoms. The van der Waals surface area contributed by atoms with Crippen LogP contribution in [0.3, 0.4) is 0 Å². The Hall–Kier alpha value is -2.65. The molecule has 0 bridgehead atoms. The van der Waals surface area contributed by atoms with E-state index in [1.54, 1.807) is 6.20 Å². The van der Waals surface area contributed by atoms with Crippen LogP contribution in [-0.4, -0.2) is 46.0 Å². The minimum Gasteiger partial charge on any atom is -0.471 e. The van der Waals surface area contributed by atoms with Crippen molar-refractivity contribution in [3.05, 3.63) is 58.8 Å². The van der Waals surface area contributed by atoms with Crippen molar-refractivity contribution < 1.29 is 27.8 Å². The van der Waals surface area contributed by atoms with Crippen molar-refractivity contribution in [3.8, 4) is 5.88 Å². The zero-order valence-corrected chi connectivity index (χ0v) is 20.9. The van der Waals surface area contributed by atoms with Crippen molar-refractivity contribution in [1.82, 2.24) is 15.6 Å². The van der Waals surface area contributed by atoms with Gasteiger partial charge in [0.2, 0.25) is 11.8 Å². The van der Waals surface area contributed by atoms with Crippen molar-refractivity contribution in [2.24, 2.45) is 0 Å². The Balaban J connectivity index is 1.52. The molecule has 1 aliphatic carbocycles. The predicted octanol–water partition coefficient (Wildman–Crippen LogP) is 4.09. The lowest BCUT2D eigenvalue weighted by molar-refractivity contribution is -0.120. The molecule has 3 N–H and O–H groups in total. The fourth-order valence-electron chi connectivity index (χ4n) is 5.11. The van der Waals surface area contributed by atoms with Gasteiger partial charge < -0.3 is 20.5 Å². The first-order valence-electron chi connectivity index (χ1n) is 12.4. The van der Waals surface area contributed by atoms with Crippen LogP contribution in [0.5, 0.6) is 5.88 Å². The van der Waals surface area contributed by atoms with E-state index >= 15 is 0 Å². The third kappa shape index (κ3) is 6.18. The summed E-state index contributed by atoms with van der Waals surface area (Å²) in [4.78, 5) is 16.3. The van der Waals surface area contributed by atoms with Crippen LogP contribution >= 0.6 is 0 Å². The fraction of sp³-hybridized carbons (Fsp3) is 0.556. The number of hydrogen-bond acceptors (Lipinski definition) is 5. The number of carbonyl (C=O) groups excluding carboxylic acids is 1. The van der Waals surface area contributed by atoms with Crippen LogP contribution in [0.4, 0.5) is 13.2 Å². The van der Waals surface area contributed by atoms with Crippen LogP contribution in [-0.2, 0) is 17.6 Å². The average Bonchev–Trinajstić information content (AvgIpc) is 2.77. The van der Waals surface area contributed by atoms with Gasteiger partial charge in [0.25, 0.3) is 0 Å². The number of pyridine rings is 1. The average molecular weight is 506 g/mol. The quantitative estimate of drug-likeness (QED) is 0.478. The Bertz CT molecular complexity index is 1100. The Morgan fingerprint density at radius 3 is 2.72 bits per heavy atom. The molecule has 1 aromatic heterocycles. The highest BCUT2D eigenvalue weighted by Crippen LogP contribution is 2.48. The smallest absolute Gasteiger partial charge is 0.218 e. The molecule has 3 atom stereocenters. The van der Waals surface area contributed by atoms with Crippen molar-refractivity contribution in [1.29, 1.82) is 0 Å². The maximum atomic E-state index is 14.3. The van der Waals surface area contributed by atoms with Crippen LogP contribution in [0.25, 0.3) is 0 Å². The topological polar surface area (TPSA) is 83.5 Å². The number of halogens is 3. The molecule has 1 saturated carbocycles. The van der Waals surface area contributed by atoms with E-state index in [4.69, 9.17) is 4.74 Å². The summed E-state index contributed by atoms with van der Waals surface area (Å²) in [7, 11) is 0. The van der Waals surface area contributed by atoms with E-state index in [9.17, 15) is 23.1 Å². The van der Waals surface area contributed by atoms with Crippen molar-refractivity contribution in [2.75, 3.05) is 6.54 Å². The molecule has 1 aromatic carbocycles. The van der Waals surface area contributed by atoms with Gasteiger partial charge in [-0.15, -0.1) is 0 Å². The zero-order valence-electron chi connectivity index (χ0n) is 20.9. The van der Waals surface area contributed by atoms with E-state index in [2.05, 4.69) is 15.6 Å². The van der Waals surface area contributed by atoms with Crippen LogP contribution in [0.1, 0.15) is 69.2 Å². The van der Waals surface area contributed by atoms with Crippen LogP contribution in [0.15, 0.2) is 30.5 Å². The molecular weight excluding hydrogens is 471 g/mol. The number of benzene rings is 1. The number of nitrogens with one attached hydrogen (secondary N) is 2. The molecule has 6 nitrogen and oxygen atoms in total. The number of rotatable bonds is 9. The highest BCUT2D eigenvalue weighted by atomic mass is 19.2. The second-order valence-corrected chi connectivity index (χ2v) is 10.7. The number of fused-ring (bicyclic) bond motifs is 1. The fourth-order valence-corrected chi connectivity index (χ4v) is 5.11. The van der Waals surface area contributed by atoms with Crippen LogP contribution < -0.4 is 15.4 Å². The van der Waals surface area contributed by atoms with Crippen LogP contribution in [0, 0.1) is 11.6 Å². The minimum atomic E-state index is -1.39. The molecule has 2 aliphatic rings. The van der Waals surface area contributed by atoms with Gasteiger partial charge in [0.15, 0.2) is 11.6 Å². The van der Waals surface area contributed by atoms with Gasteiger partial charge in [-0.1, -0.05) is 12.1 Å². The molecule has 1 fully saturated rings. The maximum absolute atomic E-state index is 14.3. The van der Waals surface area contributed by atoms with E-state index in [1.165, 1.54) is 32.9 Å². The van der Waals surface area contributed by atoms with Gasteiger partial charge in [0.1, 0.15) is 11.3 Å². The van der Waals surface area contributed by atoms with Crippen molar-refractivity contribution in [2.45, 2.75) is 88.8 Å². The van der Waals surface area contributed by atoms with Gasteiger partial charge in [-0.05, 0) is 62.8 Å². The van der Waals surface area contributed by atoms with Gasteiger partial charge in [-0.3, -0.25) is 4.79 Å². The zero-order chi connectivity index (χ0) is 26.1. The van der Waals surface area contributed by atoms with Crippen LogP contribution in [0.2, 0.25) is 0 Å². The number of aliphatic hydroxyl groups is 1. The molecule has 9 heteroatoms. The molecule has 196 valence electrons. The molecule has 36 heavy (non-hydrogen) atoms. The maximum Gasteiger partial charge on any atom is 0.218 e. The standard InChI is InChI=1S/C27H34F3N3O3/c1-16(34)33-21(11-18-6-4-7-20(28)24(18)29)23(35)15-31-22-13-27(8-5-9-27)36-25-19(22)10-17(14-32-25)12-26(2,3)30/h4,6-7,10,14,21-23,31,35H,5,8-9,11-13,15H2,1-3H3,(H,33,34)/t21-,22-,23+/m0/s1. The molecule has 0 unspecified atom stereocenters. The lowest BCUT2D eigenvalue weighted by atomic mass is 9.73. The monoisotopic (exact) mass is 505 g/mol. The number of ether oxygens (including phenoxy) is 1.